The summed E-state index contributed by atoms with van der Waals surface area (Å²) < 4.78 is 17.3. The van der Waals surface area contributed by atoms with Gasteiger partial charge in [0.25, 0.3) is 0 Å². The van der Waals surface area contributed by atoms with E-state index in [1.165, 1.54) is 51.4 Å². The zero-order valence-electron chi connectivity index (χ0n) is 40.2. The fraction of sp³-hybridized carbons (Fsp3) is 0.582. The van der Waals surface area contributed by atoms with Gasteiger partial charge in [0.15, 0.2) is 12.1 Å². The predicted molar refractivity (Wildman–Crippen MR) is 265 cm³/mol. The van der Waals surface area contributed by atoms with Gasteiger partial charge in [-0.05, 0) is 64.2 Å². The van der Waals surface area contributed by atoms with Crippen LogP contribution in [0.4, 0.5) is 0 Å². The van der Waals surface area contributed by atoms with Crippen molar-refractivity contribution >= 4 is 17.9 Å². The van der Waals surface area contributed by atoms with E-state index in [-0.39, 0.29) is 42.7 Å². The summed E-state index contributed by atoms with van der Waals surface area (Å²) in [5.74, 6) is -1.55. The molecule has 0 spiro atoms. The third-order valence-corrected chi connectivity index (χ3v) is 10.1. The maximum atomic E-state index is 12.8. The zero-order valence-corrected chi connectivity index (χ0v) is 40.2. The lowest BCUT2D eigenvalue weighted by atomic mass is 10.1. The molecule has 2 unspecified atom stereocenters. The SMILES string of the molecule is CC/C=C/C=C/C=C/C=C/C=C/C=C/C=C/CCCCCC(=O)OC(COCCC(C(=O)O)[N+](C)(C)C)COC(=O)CCCCCCCCCCCC/C=C/C/C=C/C/C=C/CC. The van der Waals surface area contributed by atoms with Gasteiger partial charge in [0.2, 0.25) is 0 Å². The Morgan fingerprint density at radius 3 is 1.44 bits per heavy atom. The maximum absolute atomic E-state index is 12.8. The number of allylic oxidation sites excluding steroid dienone is 20. The average molecular weight is 875 g/mol. The Bertz CT molecular complexity index is 1440. The van der Waals surface area contributed by atoms with E-state index in [1.807, 2.05) is 94.1 Å². The number of rotatable bonds is 41. The number of ether oxygens (including phenoxy) is 3. The molecule has 0 aromatic rings. The van der Waals surface area contributed by atoms with E-state index in [0.717, 1.165) is 64.2 Å². The highest BCUT2D eigenvalue weighted by atomic mass is 16.6. The number of carbonyl (C=O) groups is 3. The van der Waals surface area contributed by atoms with Crippen molar-refractivity contribution in [2.24, 2.45) is 0 Å². The van der Waals surface area contributed by atoms with Gasteiger partial charge < -0.3 is 23.8 Å². The standard InChI is InChI=1S/C55H87NO7/c1-6-8-10-12-14-16-18-20-22-24-26-28-29-31-33-35-37-39-41-43-45-53(57)62-50-51(49-61-48-47-52(55(59)60)56(3,4)5)63-54(58)46-44-42-40-38-36-34-32-30-27-25-23-21-19-17-15-13-11-9-7-2/h8-11,13-17,19-23,25,27,30,32,34,36,51-52H,6-7,12,18,24,26,28-29,31,33,35,37-50H2,1-5H3/p+1/b10-8+,11-9+,15-13+,16-14+,19-17+,22-20+,23-21+,27-25+,32-30+,36-34+. The van der Waals surface area contributed by atoms with Crippen LogP contribution in [0, 0.1) is 0 Å². The molecule has 0 radical (unpaired) electrons. The largest absolute Gasteiger partial charge is 0.477 e. The summed E-state index contributed by atoms with van der Waals surface area (Å²) in [5, 5.41) is 9.64. The molecule has 0 saturated heterocycles. The van der Waals surface area contributed by atoms with Crippen LogP contribution in [0.5, 0.6) is 0 Å². The normalized spacial score (nSPS) is 14.0. The molecular formula is C55H88NO7+. The second-order valence-corrected chi connectivity index (χ2v) is 16.8. The number of quaternary nitrogens is 1. The summed E-state index contributed by atoms with van der Waals surface area (Å²) in [5.41, 5.74) is 0. The number of nitrogens with zero attached hydrogens (tertiary/aromatic N) is 1. The van der Waals surface area contributed by atoms with Crippen LogP contribution in [0.2, 0.25) is 0 Å². The van der Waals surface area contributed by atoms with E-state index >= 15 is 0 Å². The molecule has 63 heavy (non-hydrogen) atoms. The van der Waals surface area contributed by atoms with Crippen LogP contribution in [0.15, 0.2) is 122 Å². The fourth-order valence-corrected chi connectivity index (χ4v) is 6.38. The van der Waals surface area contributed by atoms with Gasteiger partial charge >= 0.3 is 17.9 Å². The lowest BCUT2D eigenvalue weighted by molar-refractivity contribution is -0.887. The second-order valence-electron chi connectivity index (χ2n) is 16.8. The molecule has 0 fully saturated rings. The van der Waals surface area contributed by atoms with Crippen molar-refractivity contribution in [2.45, 2.75) is 167 Å². The molecule has 0 aliphatic heterocycles. The van der Waals surface area contributed by atoms with Gasteiger partial charge in [-0.3, -0.25) is 9.59 Å². The average Bonchev–Trinajstić information content (AvgIpc) is 3.24. The summed E-state index contributed by atoms with van der Waals surface area (Å²) in [6.45, 7) is 4.41. The summed E-state index contributed by atoms with van der Waals surface area (Å²) in [7, 11) is 5.50. The van der Waals surface area contributed by atoms with E-state index in [9.17, 15) is 19.5 Å². The molecule has 0 aliphatic carbocycles. The topological polar surface area (TPSA) is 99.1 Å². The van der Waals surface area contributed by atoms with Gasteiger partial charge in [-0.2, -0.15) is 0 Å². The molecule has 8 nitrogen and oxygen atoms in total. The summed E-state index contributed by atoms with van der Waals surface area (Å²) in [6.07, 6.45) is 62.4. The molecule has 0 heterocycles. The first kappa shape index (κ1) is 58.7. The van der Waals surface area contributed by atoms with Gasteiger partial charge in [-0.1, -0.05) is 193 Å². The van der Waals surface area contributed by atoms with E-state index in [2.05, 4.69) is 62.5 Å². The van der Waals surface area contributed by atoms with Crippen LogP contribution in [-0.2, 0) is 28.6 Å². The highest BCUT2D eigenvalue weighted by Gasteiger charge is 2.31. The lowest BCUT2D eigenvalue weighted by Gasteiger charge is -2.31. The van der Waals surface area contributed by atoms with Crippen molar-refractivity contribution < 1.29 is 38.2 Å². The Morgan fingerprint density at radius 1 is 0.492 bits per heavy atom. The summed E-state index contributed by atoms with van der Waals surface area (Å²) in [4.78, 5) is 37.1. The first-order valence-corrected chi connectivity index (χ1v) is 24.2. The molecule has 0 rings (SSSR count). The van der Waals surface area contributed by atoms with Crippen molar-refractivity contribution in [1.82, 2.24) is 0 Å². The molecule has 1 N–H and O–H groups in total. The highest BCUT2D eigenvalue weighted by Crippen LogP contribution is 2.14. The molecule has 2 atom stereocenters. The third-order valence-electron chi connectivity index (χ3n) is 10.1. The molecule has 0 saturated carbocycles. The lowest BCUT2D eigenvalue weighted by Crippen LogP contribution is -2.50. The Kier molecular flexibility index (Phi) is 41.3. The zero-order chi connectivity index (χ0) is 46.3. The quantitative estimate of drug-likeness (QED) is 0.0215. The monoisotopic (exact) mass is 875 g/mol. The number of carboxylic acids is 1. The van der Waals surface area contributed by atoms with Crippen molar-refractivity contribution in [3.63, 3.8) is 0 Å². The Hall–Kier alpha value is -4.27. The minimum absolute atomic E-state index is 0.0324. The van der Waals surface area contributed by atoms with Crippen LogP contribution in [0.1, 0.15) is 155 Å². The van der Waals surface area contributed by atoms with Gasteiger partial charge in [0.1, 0.15) is 6.61 Å². The molecule has 0 aromatic heterocycles. The van der Waals surface area contributed by atoms with Crippen LogP contribution in [-0.4, -0.2) is 80.6 Å². The number of hydrogen-bond donors (Lipinski definition) is 1. The molecule has 354 valence electrons. The molecular weight excluding hydrogens is 787 g/mol. The number of likely N-dealkylation sites (N-methyl/N-ethyl adjacent to an activating group) is 1. The van der Waals surface area contributed by atoms with E-state index in [0.29, 0.717) is 19.3 Å². The number of hydrogen-bond acceptors (Lipinski definition) is 6. The molecule has 0 bridgehead atoms. The van der Waals surface area contributed by atoms with Crippen LogP contribution in [0.3, 0.4) is 0 Å². The van der Waals surface area contributed by atoms with Gasteiger partial charge in [0, 0.05) is 19.3 Å². The van der Waals surface area contributed by atoms with Gasteiger partial charge in [-0.15, -0.1) is 0 Å². The van der Waals surface area contributed by atoms with Gasteiger partial charge in [-0.25, -0.2) is 4.79 Å². The third kappa shape index (κ3) is 42.8. The highest BCUT2D eigenvalue weighted by molar-refractivity contribution is 5.72. The minimum Gasteiger partial charge on any atom is -0.477 e. The smallest absolute Gasteiger partial charge is 0.362 e. The van der Waals surface area contributed by atoms with Crippen LogP contribution >= 0.6 is 0 Å². The maximum Gasteiger partial charge on any atom is 0.362 e. The number of aliphatic carboxylic acids is 1. The first-order chi connectivity index (χ1) is 30.6. The van der Waals surface area contributed by atoms with Crippen molar-refractivity contribution in [1.29, 1.82) is 0 Å². The molecule has 0 aromatic carbocycles. The van der Waals surface area contributed by atoms with E-state index in [1.54, 1.807) is 0 Å². The second kappa shape index (κ2) is 44.3. The Labute approximate surface area is 384 Å². The fourth-order valence-electron chi connectivity index (χ4n) is 6.38. The molecule has 8 heteroatoms. The number of carbonyl (C=O) groups excluding carboxylic acids is 2. The molecule has 0 aliphatic rings. The number of carboxylic acid groups (broad SMARTS) is 1. The Balaban J connectivity index is 4.41. The van der Waals surface area contributed by atoms with E-state index < -0.39 is 18.1 Å². The predicted octanol–water partition coefficient (Wildman–Crippen LogP) is 13.8. The van der Waals surface area contributed by atoms with Crippen molar-refractivity contribution in [3.8, 4) is 0 Å². The van der Waals surface area contributed by atoms with Crippen LogP contribution < -0.4 is 0 Å². The van der Waals surface area contributed by atoms with Crippen molar-refractivity contribution in [2.75, 3.05) is 41.0 Å². The number of esters is 2. The molecule has 0 amide bonds. The van der Waals surface area contributed by atoms with Crippen LogP contribution in [0.25, 0.3) is 0 Å². The Morgan fingerprint density at radius 2 is 0.921 bits per heavy atom. The van der Waals surface area contributed by atoms with Crippen molar-refractivity contribution in [3.05, 3.63) is 122 Å². The minimum atomic E-state index is -0.889. The summed E-state index contributed by atoms with van der Waals surface area (Å²) in [6, 6.07) is -0.633. The van der Waals surface area contributed by atoms with E-state index in [4.69, 9.17) is 14.2 Å². The van der Waals surface area contributed by atoms with Gasteiger partial charge in [0.05, 0.1) is 34.4 Å². The number of unbranched alkanes of at least 4 members (excludes halogenated alkanes) is 13. The summed E-state index contributed by atoms with van der Waals surface area (Å²) >= 11 is 0. The first-order valence-electron chi connectivity index (χ1n) is 24.2.